The Morgan fingerprint density at radius 1 is 1.56 bits per heavy atom. The highest BCUT2D eigenvalue weighted by Crippen LogP contribution is 2.15. The molecule has 0 spiro atoms. The molecule has 0 atom stereocenters. The highest BCUT2D eigenvalue weighted by molar-refractivity contribution is 7.09. The van der Waals surface area contributed by atoms with Gasteiger partial charge in [0.05, 0.1) is 17.0 Å². The van der Waals surface area contributed by atoms with E-state index in [2.05, 4.69) is 4.98 Å². The lowest BCUT2D eigenvalue weighted by Crippen LogP contribution is -2.18. The van der Waals surface area contributed by atoms with Crippen LogP contribution >= 0.6 is 11.3 Å². The van der Waals surface area contributed by atoms with Crippen molar-refractivity contribution in [3.05, 3.63) is 39.7 Å². The predicted molar refractivity (Wildman–Crippen MR) is 67.7 cm³/mol. The topological polar surface area (TPSA) is 66.6 Å². The van der Waals surface area contributed by atoms with Gasteiger partial charge in [0.15, 0.2) is 0 Å². The van der Waals surface area contributed by atoms with E-state index in [1.807, 2.05) is 24.3 Å². The number of hydrogen-bond donors (Lipinski definition) is 1. The molecule has 0 aliphatic heterocycles. The number of carboxylic acids is 1. The summed E-state index contributed by atoms with van der Waals surface area (Å²) in [6.07, 6.45) is 1.40. The first-order valence-corrected chi connectivity index (χ1v) is 6.33. The quantitative estimate of drug-likeness (QED) is 0.900. The molecule has 0 bridgehead atoms. The van der Waals surface area contributed by atoms with E-state index in [0.29, 0.717) is 18.7 Å². The average Bonchev–Trinajstić information content (AvgIpc) is 2.87. The van der Waals surface area contributed by atoms with Crippen molar-refractivity contribution < 1.29 is 14.3 Å². The van der Waals surface area contributed by atoms with Gasteiger partial charge in [-0.05, 0) is 20.0 Å². The third-order valence-electron chi connectivity index (χ3n) is 2.48. The summed E-state index contributed by atoms with van der Waals surface area (Å²) in [5, 5.41) is 12.0. The monoisotopic (exact) mass is 266 g/mol. The van der Waals surface area contributed by atoms with E-state index in [1.165, 1.54) is 6.26 Å². The highest BCUT2D eigenvalue weighted by atomic mass is 32.1. The zero-order valence-electron chi connectivity index (χ0n) is 10.2. The maximum absolute atomic E-state index is 10.9. The third kappa shape index (κ3) is 2.96. The maximum atomic E-state index is 10.9. The largest absolute Gasteiger partial charge is 0.475 e. The summed E-state index contributed by atoms with van der Waals surface area (Å²) >= 11 is 1.61. The number of aromatic nitrogens is 1. The Kier molecular flexibility index (Phi) is 3.78. The second-order valence-electron chi connectivity index (χ2n) is 4.11. The minimum Gasteiger partial charge on any atom is -0.475 e. The number of hydrogen-bond acceptors (Lipinski definition) is 5. The van der Waals surface area contributed by atoms with Crippen molar-refractivity contribution >= 4 is 17.3 Å². The fourth-order valence-corrected chi connectivity index (χ4v) is 2.36. The first-order valence-electron chi connectivity index (χ1n) is 5.45. The van der Waals surface area contributed by atoms with E-state index < -0.39 is 5.97 Å². The molecule has 2 rings (SSSR count). The lowest BCUT2D eigenvalue weighted by atomic mass is 10.2. The fourth-order valence-electron chi connectivity index (χ4n) is 1.75. The van der Waals surface area contributed by atoms with E-state index in [4.69, 9.17) is 9.52 Å². The van der Waals surface area contributed by atoms with Gasteiger partial charge in [0, 0.05) is 24.0 Å². The number of thiazole rings is 1. The van der Waals surface area contributed by atoms with Crippen molar-refractivity contribution in [2.45, 2.75) is 20.0 Å². The third-order valence-corrected chi connectivity index (χ3v) is 3.30. The zero-order valence-corrected chi connectivity index (χ0v) is 11.0. The number of furan rings is 1. The van der Waals surface area contributed by atoms with Crippen molar-refractivity contribution in [1.29, 1.82) is 0 Å². The van der Waals surface area contributed by atoms with Crippen LogP contribution in [-0.4, -0.2) is 28.0 Å². The standard InChI is InChI=1S/C12H14N2O3S/c1-8-13-10(7-18-8)6-14(2)5-9-3-4-17-11(9)12(15)16/h3-4,7H,5-6H2,1-2H3,(H,15,16). The van der Waals surface area contributed by atoms with Gasteiger partial charge in [0.25, 0.3) is 0 Å². The van der Waals surface area contributed by atoms with Crippen LogP contribution in [0.3, 0.4) is 0 Å². The number of aryl methyl sites for hydroxylation is 1. The summed E-state index contributed by atoms with van der Waals surface area (Å²) in [6.45, 7) is 3.18. The lowest BCUT2D eigenvalue weighted by Gasteiger charge is -2.14. The highest BCUT2D eigenvalue weighted by Gasteiger charge is 2.15. The number of aromatic carboxylic acids is 1. The van der Waals surface area contributed by atoms with Crippen LogP contribution in [-0.2, 0) is 13.1 Å². The number of carboxylic acid groups (broad SMARTS) is 1. The van der Waals surface area contributed by atoms with Gasteiger partial charge in [-0.1, -0.05) is 0 Å². The summed E-state index contributed by atoms with van der Waals surface area (Å²) in [4.78, 5) is 17.3. The van der Waals surface area contributed by atoms with Gasteiger partial charge in [-0.25, -0.2) is 9.78 Å². The van der Waals surface area contributed by atoms with E-state index in [0.717, 1.165) is 10.7 Å². The molecule has 2 heterocycles. The van der Waals surface area contributed by atoms with Crippen molar-refractivity contribution in [3.63, 3.8) is 0 Å². The normalized spacial score (nSPS) is 11.1. The van der Waals surface area contributed by atoms with Gasteiger partial charge in [-0.15, -0.1) is 11.3 Å². The van der Waals surface area contributed by atoms with E-state index in [-0.39, 0.29) is 5.76 Å². The van der Waals surface area contributed by atoms with Crippen LogP contribution < -0.4 is 0 Å². The molecule has 0 saturated heterocycles. The fraction of sp³-hybridized carbons (Fsp3) is 0.333. The predicted octanol–water partition coefficient (Wildman–Crippen LogP) is 2.37. The van der Waals surface area contributed by atoms with Gasteiger partial charge < -0.3 is 9.52 Å². The molecular weight excluding hydrogens is 252 g/mol. The lowest BCUT2D eigenvalue weighted by molar-refractivity contribution is 0.0659. The van der Waals surface area contributed by atoms with E-state index >= 15 is 0 Å². The Balaban J connectivity index is 2.00. The van der Waals surface area contributed by atoms with Gasteiger partial charge in [-0.2, -0.15) is 0 Å². The van der Waals surface area contributed by atoms with Gasteiger partial charge in [-0.3, -0.25) is 4.90 Å². The average molecular weight is 266 g/mol. The Hall–Kier alpha value is -1.66. The van der Waals surface area contributed by atoms with E-state index in [9.17, 15) is 4.79 Å². The molecule has 2 aromatic heterocycles. The van der Waals surface area contributed by atoms with Crippen LogP contribution in [0, 0.1) is 6.92 Å². The van der Waals surface area contributed by atoms with Gasteiger partial charge >= 0.3 is 5.97 Å². The minimum atomic E-state index is -1.03. The Bertz CT molecular complexity index is 547. The van der Waals surface area contributed by atoms with E-state index in [1.54, 1.807) is 17.4 Å². The van der Waals surface area contributed by atoms with Gasteiger partial charge in [0.1, 0.15) is 0 Å². The Labute approximate surface area is 109 Å². The molecule has 0 aliphatic carbocycles. The SMILES string of the molecule is Cc1nc(CN(C)Cc2ccoc2C(=O)O)cs1. The first-order chi connectivity index (χ1) is 8.56. The molecule has 0 saturated carbocycles. The summed E-state index contributed by atoms with van der Waals surface area (Å²) in [5.74, 6) is -1.02. The van der Waals surface area contributed by atoms with Crippen LogP contribution in [0.15, 0.2) is 22.1 Å². The zero-order chi connectivity index (χ0) is 13.1. The first kappa shape index (κ1) is 12.8. The molecule has 0 amide bonds. The van der Waals surface area contributed by atoms with Gasteiger partial charge in [0.2, 0.25) is 5.76 Å². The maximum Gasteiger partial charge on any atom is 0.372 e. The minimum absolute atomic E-state index is 0.0105. The molecule has 5 nitrogen and oxygen atoms in total. The van der Waals surface area contributed by atoms with Crippen LogP contribution in [0.2, 0.25) is 0 Å². The van der Waals surface area contributed by atoms with Crippen LogP contribution in [0.4, 0.5) is 0 Å². The summed E-state index contributed by atoms with van der Waals surface area (Å²) in [6, 6.07) is 1.69. The molecule has 6 heteroatoms. The van der Waals surface area contributed by atoms with Crippen LogP contribution in [0.1, 0.15) is 26.8 Å². The molecule has 2 aromatic rings. The molecule has 0 unspecified atom stereocenters. The number of rotatable bonds is 5. The smallest absolute Gasteiger partial charge is 0.372 e. The molecule has 18 heavy (non-hydrogen) atoms. The molecule has 0 aromatic carbocycles. The molecule has 1 N–H and O–H groups in total. The summed E-state index contributed by atoms with van der Waals surface area (Å²) < 4.78 is 4.94. The number of nitrogens with zero attached hydrogens (tertiary/aromatic N) is 2. The van der Waals surface area contributed by atoms with Crippen LogP contribution in [0.5, 0.6) is 0 Å². The van der Waals surface area contributed by atoms with Crippen LogP contribution in [0.25, 0.3) is 0 Å². The summed E-state index contributed by atoms with van der Waals surface area (Å²) in [5.41, 5.74) is 1.68. The van der Waals surface area contributed by atoms with Crippen molar-refractivity contribution in [2.75, 3.05) is 7.05 Å². The van der Waals surface area contributed by atoms with Crippen molar-refractivity contribution in [1.82, 2.24) is 9.88 Å². The Morgan fingerprint density at radius 2 is 2.33 bits per heavy atom. The Morgan fingerprint density at radius 3 is 2.94 bits per heavy atom. The summed E-state index contributed by atoms with van der Waals surface area (Å²) in [7, 11) is 1.92. The number of carbonyl (C=O) groups is 1. The molecule has 0 fully saturated rings. The van der Waals surface area contributed by atoms with Crippen molar-refractivity contribution in [2.24, 2.45) is 0 Å². The molecule has 0 radical (unpaired) electrons. The molecule has 96 valence electrons. The molecular formula is C12H14N2O3S. The van der Waals surface area contributed by atoms with Crippen molar-refractivity contribution in [3.8, 4) is 0 Å². The molecule has 0 aliphatic rings. The second-order valence-corrected chi connectivity index (χ2v) is 5.17. The second kappa shape index (κ2) is 5.32.